The SMILES string of the molecule is COCCN(C)CCNCC1CCSC1. The van der Waals surface area contributed by atoms with Gasteiger partial charge in [0, 0.05) is 26.7 Å². The van der Waals surface area contributed by atoms with E-state index in [4.69, 9.17) is 4.74 Å². The third kappa shape index (κ3) is 6.40. The number of hydrogen-bond donors (Lipinski definition) is 1. The van der Waals surface area contributed by atoms with Crippen molar-refractivity contribution < 1.29 is 4.74 Å². The van der Waals surface area contributed by atoms with Crippen LogP contribution < -0.4 is 5.32 Å². The lowest BCUT2D eigenvalue weighted by Crippen LogP contribution is -2.33. The molecule has 3 nitrogen and oxygen atoms in total. The van der Waals surface area contributed by atoms with Crippen molar-refractivity contribution in [3.05, 3.63) is 0 Å². The Bertz CT molecular complexity index is 152. The molecule has 15 heavy (non-hydrogen) atoms. The lowest BCUT2D eigenvalue weighted by Gasteiger charge is -2.17. The van der Waals surface area contributed by atoms with Crippen LogP contribution >= 0.6 is 11.8 Å². The van der Waals surface area contributed by atoms with E-state index in [-0.39, 0.29) is 0 Å². The van der Waals surface area contributed by atoms with E-state index >= 15 is 0 Å². The van der Waals surface area contributed by atoms with E-state index < -0.39 is 0 Å². The summed E-state index contributed by atoms with van der Waals surface area (Å²) in [6.07, 6.45) is 1.40. The van der Waals surface area contributed by atoms with Gasteiger partial charge in [0.2, 0.25) is 0 Å². The first-order chi connectivity index (χ1) is 7.33. The second-order valence-electron chi connectivity index (χ2n) is 4.23. The topological polar surface area (TPSA) is 24.5 Å². The maximum atomic E-state index is 5.04. The molecule has 1 aliphatic heterocycles. The molecule has 1 rings (SSSR count). The number of rotatable bonds is 8. The first-order valence-corrected chi connectivity index (χ1v) is 6.94. The van der Waals surface area contributed by atoms with Crippen LogP contribution in [0.4, 0.5) is 0 Å². The molecule has 1 aliphatic rings. The number of likely N-dealkylation sites (N-methyl/N-ethyl adjacent to an activating group) is 1. The largest absolute Gasteiger partial charge is 0.383 e. The Hall–Kier alpha value is 0.230. The minimum atomic E-state index is 0.829. The van der Waals surface area contributed by atoms with Gasteiger partial charge in [-0.05, 0) is 37.4 Å². The molecule has 0 aromatic rings. The number of nitrogens with one attached hydrogen (secondary N) is 1. The molecule has 90 valence electrons. The molecule has 1 unspecified atom stereocenters. The van der Waals surface area contributed by atoms with Crippen LogP contribution in [0, 0.1) is 5.92 Å². The number of ether oxygens (including phenoxy) is 1. The number of methoxy groups -OCH3 is 1. The number of thioether (sulfide) groups is 1. The van der Waals surface area contributed by atoms with Crippen LogP contribution in [0.1, 0.15) is 6.42 Å². The molecule has 0 spiro atoms. The lowest BCUT2D eigenvalue weighted by atomic mass is 10.1. The minimum absolute atomic E-state index is 0.829. The second-order valence-corrected chi connectivity index (χ2v) is 5.38. The van der Waals surface area contributed by atoms with Crippen LogP contribution in [0.25, 0.3) is 0 Å². The second kappa shape index (κ2) is 8.39. The van der Waals surface area contributed by atoms with Gasteiger partial charge in [0.25, 0.3) is 0 Å². The molecule has 0 aliphatic carbocycles. The molecular formula is C11H24N2OS. The molecule has 1 atom stereocenters. The molecule has 4 heteroatoms. The van der Waals surface area contributed by atoms with E-state index in [0.29, 0.717) is 0 Å². The normalized spacial score (nSPS) is 21.4. The van der Waals surface area contributed by atoms with Gasteiger partial charge in [-0.2, -0.15) is 11.8 Å². The number of nitrogens with zero attached hydrogens (tertiary/aromatic N) is 1. The molecular weight excluding hydrogens is 208 g/mol. The molecule has 0 amide bonds. The molecule has 0 saturated carbocycles. The van der Waals surface area contributed by atoms with Gasteiger partial charge in [0.15, 0.2) is 0 Å². The Morgan fingerprint density at radius 2 is 2.33 bits per heavy atom. The molecule has 1 heterocycles. The molecule has 1 saturated heterocycles. The van der Waals surface area contributed by atoms with Gasteiger partial charge in [-0.15, -0.1) is 0 Å². The van der Waals surface area contributed by atoms with Gasteiger partial charge >= 0.3 is 0 Å². The summed E-state index contributed by atoms with van der Waals surface area (Å²) >= 11 is 2.09. The molecule has 1 N–H and O–H groups in total. The van der Waals surface area contributed by atoms with Crippen molar-refractivity contribution in [2.24, 2.45) is 5.92 Å². The van der Waals surface area contributed by atoms with Crippen molar-refractivity contribution in [2.75, 3.05) is 58.4 Å². The van der Waals surface area contributed by atoms with E-state index in [0.717, 1.165) is 32.2 Å². The van der Waals surface area contributed by atoms with Crippen LogP contribution in [0.15, 0.2) is 0 Å². The van der Waals surface area contributed by atoms with Crippen molar-refractivity contribution in [1.29, 1.82) is 0 Å². The van der Waals surface area contributed by atoms with E-state index in [9.17, 15) is 0 Å². The smallest absolute Gasteiger partial charge is 0.0589 e. The molecule has 0 bridgehead atoms. The van der Waals surface area contributed by atoms with Crippen LogP contribution in [0.5, 0.6) is 0 Å². The lowest BCUT2D eigenvalue weighted by molar-refractivity contribution is 0.161. The molecule has 0 radical (unpaired) electrons. The highest BCUT2D eigenvalue weighted by Gasteiger charge is 2.14. The van der Waals surface area contributed by atoms with Crippen LogP contribution in [0.2, 0.25) is 0 Å². The summed E-state index contributed by atoms with van der Waals surface area (Å²) in [4.78, 5) is 2.31. The van der Waals surface area contributed by atoms with Crippen LogP contribution in [0.3, 0.4) is 0 Å². The first kappa shape index (κ1) is 13.3. The summed E-state index contributed by atoms with van der Waals surface area (Å²) < 4.78 is 5.04. The third-order valence-electron chi connectivity index (χ3n) is 2.80. The zero-order valence-corrected chi connectivity index (χ0v) is 10.8. The Morgan fingerprint density at radius 3 is 3.00 bits per heavy atom. The van der Waals surface area contributed by atoms with Crippen molar-refractivity contribution in [3.8, 4) is 0 Å². The third-order valence-corrected chi connectivity index (χ3v) is 4.04. The molecule has 0 aromatic carbocycles. The average molecular weight is 232 g/mol. The molecule has 0 aromatic heterocycles. The zero-order valence-electron chi connectivity index (χ0n) is 10.00. The van der Waals surface area contributed by atoms with Crippen molar-refractivity contribution in [2.45, 2.75) is 6.42 Å². The Balaban J connectivity index is 1.87. The van der Waals surface area contributed by atoms with Crippen molar-refractivity contribution in [1.82, 2.24) is 10.2 Å². The van der Waals surface area contributed by atoms with Crippen LogP contribution in [-0.4, -0.2) is 63.3 Å². The Kier molecular flexibility index (Phi) is 7.44. The van der Waals surface area contributed by atoms with E-state index in [1.807, 2.05) is 0 Å². The fourth-order valence-corrected chi connectivity index (χ4v) is 2.96. The van der Waals surface area contributed by atoms with Crippen molar-refractivity contribution >= 4 is 11.8 Å². The standard InChI is InChI=1S/C11H24N2OS/c1-13(6-7-14-2)5-4-12-9-11-3-8-15-10-11/h11-12H,3-10H2,1-2H3. The first-order valence-electron chi connectivity index (χ1n) is 5.79. The Labute approximate surface area is 97.9 Å². The highest BCUT2D eigenvalue weighted by atomic mass is 32.2. The van der Waals surface area contributed by atoms with Crippen molar-refractivity contribution in [3.63, 3.8) is 0 Å². The van der Waals surface area contributed by atoms with Crippen LogP contribution in [-0.2, 0) is 4.74 Å². The van der Waals surface area contributed by atoms with E-state index in [2.05, 4.69) is 29.0 Å². The fourth-order valence-electron chi connectivity index (χ4n) is 1.68. The summed E-state index contributed by atoms with van der Waals surface area (Å²) in [6, 6.07) is 0. The Morgan fingerprint density at radius 1 is 1.47 bits per heavy atom. The molecule has 1 fully saturated rings. The highest BCUT2D eigenvalue weighted by Crippen LogP contribution is 2.22. The summed E-state index contributed by atoms with van der Waals surface area (Å²) in [6.45, 7) is 5.27. The van der Waals surface area contributed by atoms with Gasteiger partial charge in [0.05, 0.1) is 6.61 Å². The van der Waals surface area contributed by atoms with E-state index in [1.54, 1.807) is 7.11 Å². The zero-order chi connectivity index (χ0) is 10.9. The van der Waals surface area contributed by atoms with Gasteiger partial charge in [0.1, 0.15) is 0 Å². The minimum Gasteiger partial charge on any atom is -0.383 e. The predicted octanol–water partition coefficient (Wildman–Crippen LogP) is 0.907. The van der Waals surface area contributed by atoms with Gasteiger partial charge in [-0.1, -0.05) is 0 Å². The quantitative estimate of drug-likeness (QED) is 0.629. The number of hydrogen-bond acceptors (Lipinski definition) is 4. The summed E-state index contributed by atoms with van der Waals surface area (Å²) in [5.74, 6) is 3.63. The maximum Gasteiger partial charge on any atom is 0.0589 e. The van der Waals surface area contributed by atoms with Gasteiger partial charge < -0.3 is 15.0 Å². The summed E-state index contributed by atoms with van der Waals surface area (Å²) in [5, 5.41) is 3.54. The fraction of sp³-hybridized carbons (Fsp3) is 1.00. The highest BCUT2D eigenvalue weighted by molar-refractivity contribution is 7.99. The summed E-state index contributed by atoms with van der Waals surface area (Å²) in [7, 11) is 3.90. The summed E-state index contributed by atoms with van der Waals surface area (Å²) in [5.41, 5.74) is 0. The average Bonchev–Trinajstić information content (AvgIpc) is 2.74. The monoisotopic (exact) mass is 232 g/mol. The maximum absolute atomic E-state index is 5.04. The predicted molar refractivity (Wildman–Crippen MR) is 67.7 cm³/mol. The van der Waals surface area contributed by atoms with E-state index in [1.165, 1.54) is 24.5 Å². The van der Waals surface area contributed by atoms with Gasteiger partial charge in [-0.3, -0.25) is 0 Å². The van der Waals surface area contributed by atoms with Gasteiger partial charge in [-0.25, -0.2) is 0 Å².